The molecule has 0 saturated carbocycles. The zero-order valence-electron chi connectivity index (χ0n) is 24.9. The van der Waals surface area contributed by atoms with Crippen molar-refractivity contribution in [3.63, 3.8) is 0 Å². The Morgan fingerprint density at radius 1 is 1.14 bits per heavy atom. The zero-order valence-corrected chi connectivity index (χ0v) is 28.0. The minimum absolute atomic E-state index is 0.0668. The molecule has 3 amide bonds. The largest absolute Gasteiger partial charge is 0.394 e. The summed E-state index contributed by atoms with van der Waals surface area (Å²) in [5.41, 5.74) is 1.47. The van der Waals surface area contributed by atoms with Gasteiger partial charge in [0.05, 0.1) is 39.9 Å². The second-order valence-corrected chi connectivity index (χ2v) is 14.8. The van der Waals surface area contributed by atoms with E-state index in [4.69, 9.17) is 11.6 Å². The first-order valence-corrected chi connectivity index (χ1v) is 17.3. The first-order valence-electron chi connectivity index (χ1n) is 15.1. The third-order valence-corrected chi connectivity index (χ3v) is 12.6. The van der Waals surface area contributed by atoms with Crippen LogP contribution in [0, 0.1) is 11.8 Å². The Kier molecular flexibility index (Phi) is 10.3. The summed E-state index contributed by atoms with van der Waals surface area (Å²) in [7, 11) is 0. The topological polar surface area (TPSA) is 81.2 Å². The van der Waals surface area contributed by atoms with Crippen LogP contribution in [0.2, 0.25) is 5.02 Å². The lowest BCUT2D eigenvalue weighted by molar-refractivity contribution is -0.145. The van der Waals surface area contributed by atoms with E-state index in [1.165, 1.54) is 0 Å². The van der Waals surface area contributed by atoms with Gasteiger partial charge in [-0.3, -0.25) is 14.4 Å². The average Bonchev–Trinajstić information content (AvgIpc) is 3.62. The Bertz CT molecular complexity index is 1410. The lowest BCUT2D eigenvalue weighted by atomic mass is 9.70. The van der Waals surface area contributed by atoms with Gasteiger partial charge in [-0.05, 0) is 37.0 Å². The van der Waals surface area contributed by atoms with E-state index in [0.717, 1.165) is 12.0 Å². The van der Waals surface area contributed by atoms with Crippen LogP contribution in [0.1, 0.15) is 25.3 Å². The predicted molar refractivity (Wildman–Crippen MR) is 181 cm³/mol. The number of thioether (sulfide) groups is 1. The third-order valence-electron chi connectivity index (χ3n) is 9.04. The Morgan fingerprint density at radius 2 is 1.82 bits per heavy atom. The quantitative estimate of drug-likeness (QED) is 0.225. The van der Waals surface area contributed by atoms with E-state index in [9.17, 15) is 19.5 Å². The smallest absolute Gasteiger partial charge is 0.251 e. The minimum atomic E-state index is -0.927. The van der Waals surface area contributed by atoms with Crippen molar-refractivity contribution in [2.75, 3.05) is 31.1 Å². The van der Waals surface area contributed by atoms with Gasteiger partial charge in [0.1, 0.15) is 6.04 Å². The van der Waals surface area contributed by atoms with Gasteiger partial charge in [0.15, 0.2) is 0 Å². The summed E-state index contributed by atoms with van der Waals surface area (Å²) in [5, 5.41) is 11.0. The summed E-state index contributed by atoms with van der Waals surface area (Å²) in [4.78, 5) is 48.9. The van der Waals surface area contributed by atoms with E-state index < -0.39 is 28.7 Å². The van der Waals surface area contributed by atoms with E-state index in [1.807, 2.05) is 43.3 Å². The van der Waals surface area contributed by atoms with Crippen LogP contribution < -0.4 is 4.90 Å². The number of nitrogens with zero attached hydrogens (tertiary/aromatic N) is 3. The van der Waals surface area contributed by atoms with Gasteiger partial charge in [0.25, 0.3) is 5.91 Å². The van der Waals surface area contributed by atoms with Crippen LogP contribution in [0.4, 0.5) is 5.69 Å². The van der Waals surface area contributed by atoms with E-state index in [0.29, 0.717) is 36.6 Å². The molecule has 3 aliphatic rings. The van der Waals surface area contributed by atoms with Gasteiger partial charge in [-0.25, -0.2) is 0 Å². The number of para-hydroxylation sites is 1. The average molecular weight is 701 g/mol. The number of likely N-dealkylation sites (tertiary alicyclic amines) is 1. The van der Waals surface area contributed by atoms with Crippen molar-refractivity contribution in [2.24, 2.45) is 11.8 Å². The molecule has 2 aromatic rings. The SMILES string of the molecule is C=CCN(CCC)C(=O)[C@H]1[C@H]2C(=O)N([C@@H](CO)Cc3ccccc3)C(C(=O)N(CC=C)c3ccccc3Cl)C23CC(Br)[C@@H]1S3. The molecule has 1 spiro atoms. The summed E-state index contributed by atoms with van der Waals surface area (Å²) in [5.74, 6) is -1.95. The number of alkyl halides is 1. The van der Waals surface area contributed by atoms with Gasteiger partial charge in [-0.2, -0.15) is 0 Å². The summed E-state index contributed by atoms with van der Waals surface area (Å²) < 4.78 is -0.871. The number of benzene rings is 2. The molecule has 3 aliphatic heterocycles. The monoisotopic (exact) mass is 699 g/mol. The zero-order chi connectivity index (χ0) is 31.6. The lowest BCUT2D eigenvalue weighted by Crippen LogP contribution is -2.58. The number of aliphatic hydroxyl groups excluding tert-OH is 1. The Labute approximate surface area is 277 Å². The van der Waals surface area contributed by atoms with Crippen LogP contribution in [0.5, 0.6) is 0 Å². The number of hydrogen-bond donors (Lipinski definition) is 1. The fourth-order valence-electron chi connectivity index (χ4n) is 7.34. The molecular formula is C34H39BrClN3O4S. The summed E-state index contributed by atoms with van der Waals surface area (Å²) >= 11 is 12.1. The van der Waals surface area contributed by atoms with E-state index >= 15 is 0 Å². The van der Waals surface area contributed by atoms with E-state index in [2.05, 4.69) is 29.1 Å². The molecule has 2 aromatic carbocycles. The molecule has 234 valence electrons. The number of halogens is 2. The second-order valence-electron chi connectivity index (χ2n) is 11.7. The Hall–Kier alpha value is -2.59. The van der Waals surface area contributed by atoms with E-state index in [1.54, 1.807) is 56.8 Å². The number of anilines is 1. The molecule has 2 bridgehead atoms. The van der Waals surface area contributed by atoms with Crippen LogP contribution in [0.3, 0.4) is 0 Å². The van der Waals surface area contributed by atoms with Crippen molar-refractivity contribution in [3.05, 3.63) is 90.5 Å². The minimum Gasteiger partial charge on any atom is -0.394 e. The normalized spacial score (nSPS) is 27.6. The maximum atomic E-state index is 15.0. The highest BCUT2D eigenvalue weighted by Crippen LogP contribution is 2.68. The Morgan fingerprint density at radius 3 is 2.45 bits per heavy atom. The molecule has 10 heteroatoms. The molecule has 3 saturated heterocycles. The lowest BCUT2D eigenvalue weighted by Gasteiger charge is -2.40. The fourth-order valence-corrected chi connectivity index (χ4v) is 11.2. The number of rotatable bonds is 13. The van der Waals surface area contributed by atoms with Crippen LogP contribution >= 0.6 is 39.3 Å². The highest BCUT2D eigenvalue weighted by Gasteiger charge is 2.76. The summed E-state index contributed by atoms with van der Waals surface area (Å²) in [6.07, 6.45) is 5.03. The van der Waals surface area contributed by atoms with E-state index in [-0.39, 0.29) is 41.0 Å². The van der Waals surface area contributed by atoms with Crippen LogP contribution in [0.25, 0.3) is 0 Å². The Balaban J connectivity index is 1.64. The molecule has 0 aromatic heterocycles. The molecule has 3 fully saturated rings. The number of carbonyl (C=O) groups is 3. The highest BCUT2D eigenvalue weighted by molar-refractivity contribution is 9.09. The van der Waals surface area contributed by atoms with Gasteiger partial charge in [0.2, 0.25) is 11.8 Å². The summed E-state index contributed by atoms with van der Waals surface area (Å²) in [6.45, 7) is 10.6. The highest BCUT2D eigenvalue weighted by atomic mass is 79.9. The van der Waals surface area contributed by atoms with Crippen molar-refractivity contribution < 1.29 is 19.5 Å². The predicted octanol–water partition coefficient (Wildman–Crippen LogP) is 5.35. The van der Waals surface area contributed by atoms with Crippen LogP contribution in [-0.4, -0.2) is 85.8 Å². The first-order chi connectivity index (χ1) is 21.2. The van der Waals surface area contributed by atoms with Gasteiger partial charge < -0.3 is 19.8 Å². The number of amides is 3. The molecule has 0 radical (unpaired) electrons. The van der Waals surface area contributed by atoms with Gasteiger partial charge in [-0.15, -0.1) is 24.9 Å². The molecule has 7 atom stereocenters. The van der Waals surface area contributed by atoms with Gasteiger partial charge in [-0.1, -0.05) is 89.1 Å². The van der Waals surface area contributed by atoms with Crippen LogP contribution in [0.15, 0.2) is 79.9 Å². The molecule has 3 unspecified atom stereocenters. The number of aliphatic hydroxyl groups is 1. The van der Waals surface area contributed by atoms with Crippen molar-refractivity contribution >= 4 is 62.7 Å². The second kappa shape index (κ2) is 13.8. The standard InChI is InChI=1S/C34H39BrClN3O4S/c1-4-16-37(17-5-2)31(41)27-28-32(42)39(23(21-40)19-22-12-8-7-9-13-22)30(34(28)20-24(35)29(27)44-34)33(43)38(18-6-3)26-15-11-10-14-25(26)36/h4,6-15,23-24,27-30,40H,1,3,5,16-21H2,2H3/t23-,24?,27+,28+,29+,30?,34?/m1/s1. The van der Waals surface area contributed by atoms with Crippen molar-refractivity contribution in [3.8, 4) is 0 Å². The molecule has 7 nitrogen and oxygen atoms in total. The first kappa shape index (κ1) is 32.8. The van der Waals surface area contributed by atoms with Crippen molar-refractivity contribution in [1.82, 2.24) is 9.80 Å². The van der Waals surface area contributed by atoms with Crippen molar-refractivity contribution in [2.45, 2.75) is 53.1 Å². The number of carbonyl (C=O) groups excluding carboxylic acids is 3. The molecule has 1 N–H and O–H groups in total. The molecule has 5 rings (SSSR count). The number of fused-ring (bicyclic) bond motifs is 1. The molecular weight excluding hydrogens is 662 g/mol. The molecule has 3 heterocycles. The number of hydrogen-bond acceptors (Lipinski definition) is 5. The van der Waals surface area contributed by atoms with Gasteiger partial charge >= 0.3 is 0 Å². The molecule has 0 aliphatic carbocycles. The van der Waals surface area contributed by atoms with Crippen molar-refractivity contribution in [1.29, 1.82) is 0 Å². The third kappa shape index (κ3) is 5.65. The van der Waals surface area contributed by atoms with Crippen LogP contribution in [-0.2, 0) is 20.8 Å². The van der Waals surface area contributed by atoms with Gasteiger partial charge in [0, 0.05) is 29.7 Å². The summed E-state index contributed by atoms with van der Waals surface area (Å²) in [6, 6.07) is 15.2. The molecule has 44 heavy (non-hydrogen) atoms. The fraction of sp³-hybridized carbons (Fsp3) is 0.441. The maximum absolute atomic E-state index is 15.0. The maximum Gasteiger partial charge on any atom is 0.251 e.